The van der Waals surface area contributed by atoms with Crippen molar-refractivity contribution in [2.75, 3.05) is 13.1 Å². The SMILES string of the molecule is O=C(O)C1(C2CCCCCC2)CNC1. The van der Waals surface area contributed by atoms with Crippen LogP contribution in [0.15, 0.2) is 0 Å². The van der Waals surface area contributed by atoms with E-state index in [0.29, 0.717) is 19.0 Å². The van der Waals surface area contributed by atoms with Crippen LogP contribution in [-0.4, -0.2) is 24.2 Å². The van der Waals surface area contributed by atoms with Gasteiger partial charge in [0.05, 0.1) is 5.41 Å². The smallest absolute Gasteiger partial charge is 0.312 e. The van der Waals surface area contributed by atoms with E-state index in [-0.39, 0.29) is 0 Å². The van der Waals surface area contributed by atoms with Gasteiger partial charge in [-0.1, -0.05) is 25.7 Å². The Bertz CT molecular complexity index is 215. The zero-order chi connectivity index (χ0) is 10.0. The van der Waals surface area contributed by atoms with Crippen molar-refractivity contribution in [3.8, 4) is 0 Å². The molecule has 0 unspecified atom stereocenters. The number of carboxylic acid groups (broad SMARTS) is 1. The molecule has 3 heteroatoms. The summed E-state index contributed by atoms with van der Waals surface area (Å²) in [5.74, 6) is -0.160. The molecule has 2 N–H and O–H groups in total. The topological polar surface area (TPSA) is 49.3 Å². The lowest BCUT2D eigenvalue weighted by molar-refractivity contribution is -0.157. The van der Waals surface area contributed by atoms with Gasteiger partial charge < -0.3 is 10.4 Å². The highest BCUT2D eigenvalue weighted by Gasteiger charge is 2.50. The van der Waals surface area contributed by atoms with Gasteiger partial charge in [-0.15, -0.1) is 0 Å². The molecule has 0 aromatic rings. The third kappa shape index (κ3) is 1.54. The predicted octanol–water partition coefficient (Wildman–Crippen LogP) is 1.63. The second kappa shape index (κ2) is 3.89. The largest absolute Gasteiger partial charge is 0.481 e. The van der Waals surface area contributed by atoms with Crippen LogP contribution >= 0.6 is 0 Å². The summed E-state index contributed by atoms with van der Waals surface area (Å²) in [4.78, 5) is 11.3. The van der Waals surface area contributed by atoms with Gasteiger partial charge in [-0.2, -0.15) is 0 Å². The Labute approximate surface area is 84.9 Å². The number of aliphatic carboxylic acids is 1. The highest BCUT2D eigenvalue weighted by molar-refractivity contribution is 5.77. The van der Waals surface area contributed by atoms with Crippen LogP contribution in [-0.2, 0) is 4.79 Å². The molecule has 80 valence electrons. The predicted molar refractivity (Wildman–Crippen MR) is 54.1 cm³/mol. The first-order chi connectivity index (χ1) is 6.76. The highest BCUT2D eigenvalue weighted by atomic mass is 16.4. The fourth-order valence-corrected chi connectivity index (χ4v) is 2.84. The maximum atomic E-state index is 11.3. The first kappa shape index (κ1) is 9.97. The fourth-order valence-electron chi connectivity index (χ4n) is 2.84. The first-order valence-electron chi connectivity index (χ1n) is 5.70. The van der Waals surface area contributed by atoms with Crippen LogP contribution in [0.1, 0.15) is 38.5 Å². The molecule has 2 aliphatic rings. The third-order valence-electron chi connectivity index (χ3n) is 3.94. The van der Waals surface area contributed by atoms with Crippen molar-refractivity contribution >= 4 is 5.97 Å². The van der Waals surface area contributed by atoms with Gasteiger partial charge in [0.2, 0.25) is 0 Å². The summed E-state index contributed by atoms with van der Waals surface area (Å²) in [6.45, 7) is 1.37. The maximum absolute atomic E-state index is 11.3. The molecule has 1 saturated heterocycles. The van der Waals surface area contributed by atoms with Crippen LogP contribution in [0.5, 0.6) is 0 Å². The molecule has 0 aromatic heterocycles. The van der Waals surface area contributed by atoms with Gasteiger partial charge in [0.25, 0.3) is 0 Å². The average Bonchev–Trinajstić information content (AvgIpc) is 2.30. The fraction of sp³-hybridized carbons (Fsp3) is 0.909. The van der Waals surface area contributed by atoms with Gasteiger partial charge in [0.15, 0.2) is 0 Å². The number of rotatable bonds is 2. The molecule has 1 aliphatic heterocycles. The highest BCUT2D eigenvalue weighted by Crippen LogP contribution is 2.40. The zero-order valence-electron chi connectivity index (χ0n) is 8.59. The van der Waals surface area contributed by atoms with E-state index in [2.05, 4.69) is 5.32 Å². The standard InChI is InChI=1S/C11H19NO2/c13-10(14)11(7-12-8-11)9-5-3-1-2-4-6-9/h9,12H,1-8H2,(H,13,14). The second-order valence-electron chi connectivity index (χ2n) is 4.75. The minimum absolute atomic E-state index is 0.412. The van der Waals surface area contributed by atoms with Crippen molar-refractivity contribution in [3.63, 3.8) is 0 Å². The van der Waals surface area contributed by atoms with E-state index in [1.165, 1.54) is 25.7 Å². The summed E-state index contributed by atoms with van der Waals surface area (Å²) < 4.78 is 0. The van der Waals surface area contributed by atoms with E-state index in [0.717, 1.165) is 12.8 Å². The number of carbonyl (C=O) groups is 1. The van der Waals surface area contributed by atoms with Crippen molar-refractivity contribution in [2.24, 2.45) is 11.3 Å². The molecule has 2 rings (SSSR count). The Morgan fingerprint density at radius 2 is 1.71 bits per heavy atom. The van der Waals surface area contributed by atoms with E-state index < -0.39 is 11.4 Å². The van der Waals surface area contributed by atoms with Crippen LogP contribution in [0, 0.1) is 11.3 Å². The van der Waals surface area contributed by atoms with E-state index in [1.807, 2.05) is 0 Å². The summed E-state index contributed by atoms with van der Waals surface area (Å²) in [6.07, 6.45) is 7.26. The molecule has 1 aliphatic carbocycles. The molecule has 0 spiro atoms. The zero-order valence-corrected chi connectivity index (χ0v) is 8.59. The summed E-state index contributed by atoms with van der Waals surface area (Å²) in [5.41, 5.74) is -0.412. The Kier molecular flexibility index (Phi) is 2.77. The number of hydrogen-bond donors (Lipinski definition) is 2. The summed E-state index contributed by atoms with van der Waals surface area (Å²) in [7, 11) is 0. The summed E-state index contributed by atoms with van der Waals surface area (Å²) in [6, 6.07) is 0. The third-order valence-corrected chi connectivity index (χ3v) is 3.94. The van der Waals surface area contributed by atoms with E-state index in [4.69, 9.17) is 0 Å². The molecule has 0 amide bonds. The number of hydrogen-bond acceptors (Lipinski definition) is 2. The van der Waals surface area contributed by atoms with E-state index >= 15 is 0 Å². The average molecular weight is 197 g/mol. The van der Waals surface area contributed by atoms with E-state index in [1.54, 1.807) is 0 Å². The van der Waals surface area contributed by atoms with Crippen LogP contribution in [0.3, 0.4) is 0 Å². The van der Waals surface area contributed by atoms with Gasteiger partial charge in [-0.25, -0.2) is 0 Å². The lowest BCUT2D eigenvalue weighted by Crippen LogP contribution is -2.62. The van der Waals surface area contributed by atoms with Crippen LogP contribution in [0.25, 0.3) is 0 Å². The lowest BCUT2D eigenvalue weighted by atomic mass is 9.67. The molecule has 2 fully saturated rings. The molecule has 0 atom stereocenters. The molecule has 3 nitrogen and oxygen atoms in total. The Morgan fingerprint density at radius 1 is 1.14 bits per heavy atom. The van der Waals surface area contributed by atoms with Crippen molar-refractivity contribution in [2.45, 2.75) is 38.5 Å². The molecular weight excluding hydrogens is 178 g/mol. The van der Waals surface area contributed by atoms with Gasteiger partial charge in [-0.3, -0.25) is 4.79 Å². The summed E-state index contributed by atoms with van der Waals surface area (Å²) in [5, 5.41) is 12.4. The molecule has 0 radical (unpaired) electrons. The first-order valence-corrected chi connectivity index (χ1v) is 5.70. The van der Waals surface area contributed by atoms with Gasteiger partial charge in [0.1, 0.15) is 0 Å². The number of nitrogens with one attached hydrogen (secondary N) is 1. The minimum atomic E-state index is -0.580. The van der Waals surface area contributed by atoms with Crippen molar-refractivity contribution in [1.82, 2.24) is 5.32 Å². The molecule has 0 aromatic carbocycles. The second-order valence-corrected chi connectivity index (χ2v) is 4.75. The van der Waals surface area contributed by atoms with Gasteiger partial charge in [-0.05, 0) is 18.8 Å². The quantitative estimate of drug-likeness (QED) is 0.661. The normalized spacial score (nSPS) is 27.7. The Morgan fingerprint density at radius 3 is 2.07 bits per heavy atom. The monoisotopic (exact) mass is 197 g/mol. The molecule has 1 saturated carbocycles. The van der Waals surface area contributed by atoms with Gasteiger partial charge >= 0.3 is 5.97 Å². The van der Waals surface area contributed by atoms with E-state index in [9.17, 15) is 9.90 Å². The molecule has 0 bridgehead atoms. The molecular formula is C11H19NO2. The van der Waals surface area contributed by atoms with Gasteiger partial charge in [0, 0.05) is 13.1 Å². The maximum Gasteiger partial charge on any atom is 0.312 e. The molecule has 14 heavy (non-hydrogen) atoms. The lowest BCUT2D eigenvalue weighted by Gasteiger charge is -2.44. The Hall–Kier alpha value is -0.570. The van der Waals surface area contributed by atoms with Crippen LogP contribution in [0.2, 0.25) is 0 Å². The summed E-state index contributed by atoms with van der Waals surface area (Å²) >= 11 is 0. The molecule has 1 heterocycles. The van der Waals surface area contributed by atoms with Crippen molar-refractivity contribution in [1.29, 1.82) is 0 Å². The van der Waals surface area contributed by atoms with Crippen molar-refractivity contribution in [3.05, 3.63) is 0 Å². The number of carboxylic acids is 1. The minimum Gasteiger partial charge on any atom is -0.481 e. The van der Waals surface area contributed by atoms with Crippen LogP contribution < -0.4 is 5.32 Å². The van der Waals surface area contributed by atoms with Crippen molar-refractivity contribution < 1.29 is 9.90 Å². The Balaban J connectivity index is 2.06. The van der Waals surface area contributed by atoms with Crippen LogP contribution in [0.4, 0.5) is 0 Å².